The van der Waals surface area contributed by atoms with E-state index in [0.29, 0.717) is 6.04 Å². The molecule has 0 radical (unpaired) electrons. The van der Waals surface area contributed by atoms with E-state index in [1.54, 1.807) is 0 Å². The highest BCUT2D eigenvalue weighted by Crippen LogP contribution is 2.15. The average Bonchev–Trinajstić information content (AvgIpc) is 2.17. The minimum absolute atomic E-state index is 0.0495. The summed E-state index contributed by atoms with van der Waals surface area (Å²) in [5, 5.41) is 8.79. The Morgan fingerprint density at radius 2 is 2.00 bits per heavy atom. The zero-order chi connectivity index (χ0) is 9.84. The van der Waals surface area contributed by atoms with Crippen LogP contribution in [0.25, 0.3) is 0 Å². The van der Waals surface area contributed by atoms with Gasteiger partial charge >= 0.3 is 0 Å². The van der Waals surface area contributed by atoms with Gasteiger partial charge in [0.05, 0.1) is 12.1 Å². The largest absolute Gasteiger partial charge is 0.306 e. The molecule has 1 heterocycles. The number of likely N-dealkylation sites (tertiary alicyclic amines) is 1. The Morgan fingerprint density at radius 1 is 1.46 bits per heavy atom. The Balaban J connectivity index is 2.40. The van der Waals surface area contributed by atoms with Gasteiger partial charge in [0, 0.05) is 6.04 Å². The van der Waals surface area contributed by atoms with Crippen LogP contribution < -0.4 is 0 Å². The maximum absolute atomic E-state index is 8.79. The molecule has 1 fully saturated rings. The van der Waals surface area contributed by atoms with Gasteiger partial charge in [-0.05, 0) is 47.0 Å². The van der Waals surface area contributed by atoms with Crippen LogP contribution in [0.5, 0.6) is 0 Å². The molecule has 3 heteroatoms. The van der Waals surface area contributed by atoms with Crippen LogP contribution in [0, 0.1) is 11.3 Å². The summed E-state index contributed by atoms with van der Waals surface area (Å²) < 4.78 is 0. The fourth-order valence-corrected chi connectivity index (χ4v) is 1.81. The van der Waals surface area contributed by atoms with Gasteiger partial charge in [-0.1, -0.05) is 0 Å². The predicted molar refractivity (Wildman–Crippen MR) is 53.4 cm³/mol. The van der Waals surface area contributed by atoms with E-state index in [2.05, 4.69) is 30.0 Å². The van der Waals surface area contributed by atoms with E-state index >= 15 is 0 Å². The Morgan fingerprint density at radius 3 is 2.46 bits per heavy atom. The van der Waals surface area contributed by atoms with Crippen molar-refractivity contribution >= 4 is 0 Å². The van der Waals surface area contributed by atoms with Crippen LogP contribution in [0.3, 0.4) is 0 Å². The molecule has 0 aromatic rings. The molecule has 1 saturated heterocycles. The monoisotopic (exact) mass is 181 g/mol. The van der Waals surface area contributed by atoms with Crippen molar-refractivity contribution in [3.63, 3.8) is 0 Å². The molecule has 1 aliphatic heterocycles. The van der Waals surface area contributed by atoms with Gasteiger partial charge in [-0.15, -0.1) is 0 Å². The summed E-state index contributed by atoms with van der Waals surface area (Å²) in [6.45, 7) is 4.29. The van der Waals surface area contributed by atoms with E-state index in [0.717, 1.165) is 13.1 Å². The first-order valence-corrected chi connectivity index (χ1v) is 4.95. The van der Waals surface area contributed by atoms with Gasteiger partial charge in [-0.2, -0.15) is 5.26 Å². The third-order valence-corrected chi connectivity index (χ3v) is 3.06. The Hall–Kier alpha value is -0.590. The summed E-state index contributed by atoms with van der Waals surface area (Å²) in [6.07, 6.45) is 2.39. The third-order valence-electron chi connectivity index (χ3n) is 3.06. The van der Waals surface area contributed by atoms with E-state index in [-0.39, 0.29) is 6.04 Å². The first-order valence-electron chi connectivity index (χ1n) is 4.95. The van der Waals surface area contributed by atoms with Crippen LogP contribution in [-0.4, -0.2) is 49.1 Å². The highest BCUT2D eigenvalue weighted by atomic mass is 15.2. The Bertz CT molecular complexity index is 189. The molecular weight excluding hydrogens is 162 g/mol. The summed E-state index contributed by atoms with van der Waals surface area (Å²) in [7, 11) is 4.22. The molecule has 13 heavy (non-hydrogen) atoms. The second-order valence-electron chi connectivity index (χ2n) is 4.00. The van der Waals surface area contributed by atoms with Crippen LogP contribution >= 0.6 is 0 Å². The topological polar surface area (TPSA) is 30.3 Å². The molecule has 0 amide bonds. The van der Waals surface area contributed by atoms with Crippen LogP contribution in [0.2, 0.25) is 0 Å². The molecule has 0 saturated carbocycles. The average molecular weight is 181 g/mol. The van der Waals surface area contributed by atoms with Crippen molar-refractivity contribution in [1.29, 1.82) is 5.26 Å². The van der Waals surface area contributed by atoms with Gasteiger partial charge in [-0.3, -0.25) is 4.90 Å². The quantitative estimate of drug-likeness (QED) is 0.634. The lowest BCUT2D eigenvalue weighted by Crippen LogP contribution is -2.44. The van der Waals surface area contributed by atoms with Gasteiger partial charge in [0.15, 0.2) is 0 Å². The molecule has 0 aliphatic carbocycles. The summed E-state index contributed by atoms with van der Waals surface area (Å²) in [5.41, 5.74) is 0. The fraction of sp³-hybridized carbons (Fsp3) is 0.900. The first-order chi connectivity index (χ1) is 6.15. The molecule has 0 spiro atoms. The normalized spacial score (nSPS) is 23.0. The molecule has 74 valence electrons. The van der Waals surface area contributed by atoms with Gasteiger partial charge in [0.25, 0.3) is 0 Å². The fourth-order valence-electron chi connectivity index (χ4n) is 1.81. The zero-order valence-corrected chi connectivity index (χ0v) is 8.82. The third kappa shape index (κ3) is 2.68. The molecule has 3 nitrogen and oxygen atoms in total. The summed E-state index contributed by atoms with van der Waals surface area (Å²) in [5.74, 6) is 0. The van der Waals surface area contributed by atoms with Crippen molar-refractivity contribution < 1.29 is 0 Å². The highest BCUT2D eigenvalue weighted by Gasteiger charge is 2.23. The van der Waals surface area contributed by atoms with Crippen LogP contribution in [-0.2, 0) is 0 Å². The molecule has 1 atom stereocenters. The number of nitrogens with zero attached hydrogens (tertiary/aromatic N) is 3. The number of nitriles is 1. The van der Waals surface area contributed by atoms with E-state index in [1.165, 1.54) is 12.8 Å². The summed E-state index contributed by atoms with van der Waals surface area (Å²) in [4.78, 5) is 4.55. The molecule has 1 rings (SSSR count). The minimum Gasteiger partial charge on any atom is -0.306 e. The van der Waals surface area contributed by atoms with Crippen LogP contribution in [0.1, 0.15) is 19.8 Å². The number of piperidine rings is 1. The van der Waals surface area contributed by atoms with Crippen molar-refractivity contribution in [2.75, 3.05) is 27.2 Å². The van der Waals surface area contributed by atoms with Gasteiger partial charge in [0.1, 0.15) is 0 Å². The van der Waals surface area contributed by atoms with Crippen molar-refractivity contribution in [2.45, 2.75) is 31.8 Å². The van der Waals surface area contributed by atoms with Crippen molar-refractivity contribution in [3.8, 4) is 6.07 Å². The predicted octanol–water partition coefficient (Wildman–Crippen LogP) is 0.924. The molecule has 0 aromatic carbocycles. The lowest BCUT2D eigenvalue weighted by atomic mass is 10.0. The zero-order valence-electron chi connectivity index (χ0n) is 8.82. The van der Waals surface area contributed by atoms with E-state index in [9.17, 15) is 0 Å². The van der Waals surface area contributed by atoms with Gasteiger partial charge in [0.2, 0.25) is 0 Å². The van der Waals surface area contributed by atoms with E-state index < -0.39 is 0 Å². The van der Waals surface area contributed by atoms with Gasteiger partial charge < -0.3 is 4.90 Å². The molecule has 0 N–H and O–H groups in total. The SMILES string of the molecule is CC(C#N)N(C)C1CCN(C)CC1. The van der Waals surface area contributed by atoms with Crippen LogP contribution in [0.4, 0.5) is 0 Å². The lowest BCUT2D eigenvalue weighted by molar-refractivity contribution is 0.131. The molecule has 0 aromatic heterocycles. The van der Waals surface area contributed by atoms with Crippen molar-refractivity contribution in [2.24, 2.45) is 0 Å². The van der Waals surface area contributed by atoms with E-state index in [1.807, 2.05) is 6.92 Å². The van der Waals surface area contributed by atoms with Crippen molar-refractivity contribution in [1.82, 2.24) is 9.80 Å². The molecule has 0 bridgehead atoms. The maximum Gasteiger partial charge on any atom is 0.0949 e. The second-order valence-corrected chi connectivity index (χ2v) is 4.00. The first kappa shape index (κ1) is 10.5. The molecule has 1 aliphatic rings. The highest BCUT2D eigenvalue weighted by molar-refractivity contribution is 4.90. The smallest absolute Gasteiger partial charge is 0.0949 e. The summed E-state index contributed by atoms with van der Waals surface area (Å²) in [6, 6.07) is 2.94. The number of hydrogen-bond donors (Lipinski definition) is 0. The van der Waals surface area contributed by atoms with E-state index in [4.69, 9.17) is 5.26 Å². The molecule has 1 unspecified atom stereocenters. The minimum atomic E-state index is 0.0495. The second kappa shape index (κ2) is 4.59. The maximum atomic E-state index is 8.79. The molecular formula is C10H19N3. The number of hydrogen-bond acceptors (Lipinski definition) is 3. The Kier molecular flexibility index (Phi) is 3.71. The Labute approximate surface area is 80.9 Å². The number of rotatable bonds is 2. The lowest BCUT2D eigenvalue weighted by Gasteiger charge is -2.36. The van der Waals surface area contributed by atoms with Crippen molar-refractivity contribution in [3.05, 3.63) is 0 Å². The van der Waals surface area contributed by atoms with Gasteiger partial charge in [-0.25, -0.2) is 0 Å². The summed E-state index contributed by atoms with van der Waals surface area (Å²) >= 11 is 0. The van der Waals surface area contributed by atoms with Crippen LogP contribution in [0.15, 0.2) is 0 Å². The standard InChI is InChI=1S/C10H19N3/c1-9(8-11)13(3)10-4-6-12(2)7-5-10/h9-10H,4-7H2,1-3H3.